The molecule has 1 aromatic carbocycles. The number of hydrogen-bond acceptors (Lipinski definition) is 3. The fraction of sp³-hybridized carbons (Fsp3) is 0.400. The average Bonchev–Trinajstić information content (AvgIpc) is 2.21. The molecule has 1 heterocycles. The zero-order chi connectivity index (χ0) is 8.93. The molecule has 13 heavy (non-hydrogen) atoms. The van der Waals surface area contributed by atoms with Crippen molar-refractivity contribution >= 4 is 0 Å². The molecule has 0 N–H and O–H groups in total. The minimum atomic E-state index is -0.254. The second-order valence-electron chi connectivity index (χ2n) is 2.92. The van der Waals surface area contributed by atoms with Gasteiger partial charge in [0.2, 0.25) is 6.29 Å². The molecule has 0 radical (unpaired) electrons. The number of rotatable bonds is 2. The molecule has 1 fully saturated rings. The molecule has 2 rings (SSSR count). The first-order valence-electron chi connectivity index (χ1n) is 4.45. The third-order valence-corrected chi connectivity index (χ3v) is 1.85. The van der Waals surface area contributed by atoms with Crippen molar-refractivity contribution in [3.63, 3.8) is 0 Å². The smallest absolute Gasteiger partial charge is 0.231 e. The number of ether oxygens (including phenoxy) is 1. The van der Waals surface area contributed by atoms with Gasteiger partial charge in [-0.3, -0.25) is 0 Å². The number of benzene rings is 1. The van der Waals surface area contributed by atoms with Crippen LogP contribution in [0.3, 0.4) is 0 Å². The van der Waals surface area contributed by atoms with Crippen LogP contribution in [0.15, 0.2) is 30.3 Å². The Morgan fingerprint density at radius 2 is 2.08 bits per heavy atom. The summed E-state index contributed by atoms with van der Waals surface area (Å²) in [5, 5.41) is 0. The summed E-state index contributed by atoms with van der Waals surface area (Å²) in [6, 6.07) is 9.61. The van der Waals surface area contributed by atoms with Crippen LogP contribution in [0.25, 0.3) is 0 Å². The van der Waals surface area contributed by atoms with Crippen LogP contribution in [-0.4, -0.2) is 12.9 Å². The highest BCUT2D eigenvalue weighted by atomic mass is 17.2. The molecule has 1 aliphatic heterocycles. The third kappa shape index (κ3) is 2.44. The summed E-state index contributed by atoms with van der Waals surface area (Å²) in [5.41, 5.74) is 0. The Kier molecular flexibility index (Phi) is 2.79. The second kappa shape index (κ2) is 4.25. The lowest BCUT2D eigenvalue weighted by Gasteiger charge is -2.21. The largest absolute Gasteiger partial charge is 0.462 e. The zero-order valence-electron chi connectivity index (χ0n) is 7.31. The molecule has 1 unspecified atom stereocenters. The van der Waals surface area contributed by atoms with Gasteiger partial charge in [-0.25, -0.2) is 4.89 Å². The Morgan fingerprint density at radius 3 is 2.77 bits per heavy atom. The van der Waals surface area contributed by atoms with E-state index in [0.29, 0.717) is 6.61 Å². The Bertz CT molecular complexity index is 242. The SMILES string of the molecule is c1ccc(OC2CCCOO2)cc1. The molecule has 3 nitrogen and oxygen atoms in total. The van der Waals surface area contributed by atoms with Crippen molar-refractivity contribution < 1.29 is 14.5 Å². The zero-order valence-corrected chi connectivity index (χ0v) is 7.31. The van der Waals surface area contributed by atoms with Crippen LogP contribution in [0, 0.1) is 0 Å². The maximum absolute atomic E-state index is 5.51. The van der Waals surface area contributed by atoms with Gasteiger partial charge >= 0.3 is 0 Å². The van der Waals surface area contributed by atoms with E-state index in [2.05, 4.69) is 0 Å². The highest BCUT2D eigenvalue weighted by molar-refractivity contribution is 5.20. The Morgan fingerprint density at radius 1 is 1.23 bits per heavy atom. The fourth-order valence-electron chi connectivity index (χ4n) is 1.21. The lowest BCUT2D eigenvalue weighted by atomic mass is 10.3. The first-order valence-corrected chi connectivity index (χ1v) is 4.45. The van der Waals surface area contributed by atoms with Gasteiger partial charge in [0, 0.05) is 6.42 Å². The third-order valence-electron chi connectivity index (χ3n) is 1.85. The monoisotopic (exact) mass is 180 g/mol. The van der Waals surface area contributed by atoms with Crippen molar-refractivity contribution in [2.45, 2.75) is 19.1 Å². The topological polar surface area (TPSA) is 27.7 Å². The molecule has 3 heteroatoms. The Hall–Kier alpha value is -1.06. The van der Waals surface area contributed by atoms with E-state index in [4.69, 9.17) is 14.5 Å². The summed E-state index contributed by atoms with van der Waals surface area (Å²) in [6.45, 7) is 0.661. The molecular weight excluding hydrogens is 168 g/mol. The van der Waals surface area contributed by atoms with Gasteiger partial charge in [0.15, 0.2) is 0 Å². The minimum Gasteiger partial charge on any atom is -0.462 e. The lowest BCUT2D eigenvalue weighted by molar-refractivity contribution is -0.382. The van der Waals surface area contributed by atoms with Crippen LogP contribution >= 0.6 is 0 Å². The molecular formula is C10H12O3. The first-order chi connectivity index (χ1) is 6.45. The summed E-state index contributed by atoms with van der Waals surface area (Å²) < 4.78 is 5.51. The van der Waals surface area contributed by atoms with Crippen LogP contribution in [-0.2, 0) is 9.78 Å². The van der Waals surface area contributed by atoms with Gasteiger partial charge < -0.3 is 4.74 Å². The van der Waals surface area contributed by atoms with E-state index in [9.17, 15) is 0 Å². The van der Waals surface area contributed by atoms with Crippen LogP contribution in [0.5, 0.6) is 5.75 Å². The van der Waals surface area contributed by atoms with E-state index in [1.807, 2.05) is 30.3 Å². The highest BCUT2D eigenvalue weighted by Crippen LogP contribution is 2.16. The van der Waals surface area contributed by atoms with E-state index in [1.165, 1.54) is 0 Å². The molecule has 1 aliphatic rings. The van der Waals surface area contributed by atoms with Gasteiger partial charge in [-0.1, -0.05) is 18.2 Å². The molecule has 1 atom stereocenters. The Labute approximate surface area is 77.2 Å². The molecule has 0 bridgehead atoms. The van der Waals surface area contributed by atoms with E-state index in [-0.39, 0.29) is 6.29 Å². The second-order valence-corrected chi connectivity index (χ2v) is 2.92. The summed E-state index contributed by atoms with van der Waals surface area (Å²) >= 11 is 0. The fourth-order valence-corrected chi connectivity index (χ4v) is 1.21. The summed E-state index contributed by atoms with van der Waals surface area (Å²) in [6.07, 6.45) is 1.61. The number of para-hydroxylation sites is 1. The first kappa shape index (κ1) is 8.53. The molecule has 70 valence electrons. The summed E-state index contributed by atoms with van der Waals surface area (Å²) in [5.74, 6) is 0.818. The molecule has 0 aromatic heterocycles. The van der Waals surface area contributed by atoms with Gasteiger partial charge in [0.1, 0.15) is 5.75 Å². The van der Waals surface area contributed by atoms with Gasteiger partial charge in [-0.15, -0.1) is 0 Å². The molecule has 0 aliphatic carbocycles. The van der Waals surface area contributed by atoms with Crippen LogP contribution in [0.2, 0.25) is 0 Å². The van der Waals surface area contributed by atoms with Crippen molar-refractivity contribution in [2.24, 2.45) is 0 Å². The highest BCUT2D eigenvalue weighted by Gasteiger charge is 2.16. The molecule has 1 aromatic rings. The summed E-state index contributed by atoms with van der Waals surface area (Å²) in [7, 11) is 0. The predicted molar refractivity (Wildman–Crippen MR) is 47.1 cm³/mol. The van der Waals surface area contributed by atoms with Gasteiger partial charge in [0.05, 0.1) is 6.61 Å². The van der Waals surface area contributed by atoms with E-state index in [0.717, 1.165) is 18.6 Å². The van der Waals surface area contributed by atoms with Crippen molar-refractivity contribution in [3.05, 3.63) is 30.3 Å². The van der Waals surface area contributed by atoms with Crippen molar-refractivity contribution in [1.82, 2.24) is 0 Å². The van der Waals surface area contributed by atoms with Crippen LogP contribution < -0.4 is 4.74 Å². The normalized spacial score (nSPS) is 22.6. The summed E-state index contributed by atoms with van der Waals surface area (Å²) in [4.78, 5) is 9.79. The van der Waals surface area contributed by atoms with Crippen molar-refractivity contribution in [2.75, 3.05) is 6.61 Å². The quantitative estimate of drug-likeness (QED) is 0.652. The van der Waals surface area contributed by atoms with E-state index >= 15 is 0 Å². The Balaban J connectivity index is 1.90. The van der Waals surface area contributed by atoms with Gasteiger partial charge in [0.25, 0.3) is 0 Å². The average molecular weight is 180 g/mol. The van der Waals surface area contributed by atoms with E-state index < -0.39 is 0 Å². The van der Waals surface area contributed by atoms with Crippen molar-refractivity contribution in [3.8, 4) is 5.75 Å². The predicted octanol–water partition coefficient (Wildman–Crippen LogP) is 2.13. The standard InChI is InChI=1S/C10H12O3/c1-2-5-9(6-3-1)12-10-7-4-8-11-13-10/h1-3,5-6,10H,4,7-8H2. The molecule has 0 amide bonds. The van der Waals surface area contributed by atoms with Crippen LogP contribution in [0.4, 0.5) is 0 Å². The maximum Gasteiger partial charge on any atom is 0.231 e. The van der Waals surface area contributed by atoms with E-state index in [1.54, 1.807) is 0 Å². The molecule has 0 saturated carbocycles. The molecule has 1 saturated heterocycles. The van der Waals surface area contributed by atoms with Gasteiger partial charge in [-0.05, 0) is 18.6 Å². The van der Waals surface area contributed by atoms with Gasteiger partial charge in [-0.2, -0.15) is 4.89 Å². The van der Waals surface area contributed by atoms with Crippen LogP contribution in [0.1, 0.15) is 12.8 Å². The number of hydrogen-bond donors (Lipinski definition) is 0. The lowest BCUT2D eigenvalue weighted by Crippen LogP contribution is -2.25. The molecule has 0 spiro atoms. The van der Waals surface area contributed by atoms with Crippen molar-refractivity contribution in [1.29, 1.82) is 0 Å². The maximum atomic E-state index is 5.51. The minimum absolute atomic E-state index is 0.254.